The Kier molecular flexibility index (Phi) is 0.945. The van der Waals surface area contributed by atoms with Gasteiger partial charge in [-0.15, -0.1) is 0 Å². The van der Waals surface area contributed by atoms with Gasteiger partial charge in [0, 0.05) is 18.1 Å². The summed E-state index contributed by atoms with van der Waals surface area (Å²) in [6, 6.07) is 0.815. The Bertz CT molecular complexity index is 131. The topological polar surface area (TPSA) is 29.3 Å². The SMILES string of the molecule is CN1C[C@]2(N)CC[C@H]1C2. The fourth-order valence-electron chi connectivity index (χ4n) is 2.27. The van der Waals surface area contributed by atoms with Crippen molar-refractivity contribution in [2.45, 2.75) is 30.8 Å². The van der Waals surface area contributed by atoms with Gasteiger partial charge < -0.3 is 10.6 Å². The molecule has 2 heteroatoms. The van der Waals surface area contributed by atoms with E-state index in [4.69, 9.17) is 5.73 Å². The number of nitrogens with two attached hydrogens (primary N) is 1. The molecule has 2 atom stereocenters. The lowest BCUT2D eigenvalue weighted by atomic mass is 10.0. The minimum absolute atomic E-state index is 0.208. The van der Waals surface area contributed by atoms with Crippen LogP contribution in [0.15, 0.2) is 0 Å². The maximum Gasteiger partial charge on any atom is 0.0298 e. The number of rotatable bonds is 0. The van der Waals surface area contributed by atoms with Crippen LogP contribution in [0, 0.1) is 0 Å². The molecule has 2 fully saturated rings. The molecule has 1 aliphatic heterocycles. The highest BCUT2D eigenvalue weighted by molar-refractivity contribution is 5.05. The van der Waals surface area contributed by atoms with E-state index in [0.717, 1.165) is 12.6 Å². The van der Waals surface area contributed by atoms with Gasteiger partial charge in [0.1, 0.15) is 0 Å². The first-order chi connectivity index (χ1) is 4.20. The molecule has 2 aliphatic rings. The summed E-state index contributed by atoms with van der Waals surface area (Å²) >= 11 is 0. The van der Waals surface area contributed by atoms with Crippen LogP contribution in [0.25, 0.3) is 0 Å². The van der Waals surface area contributed by atoms with Crippen LogP contribution in [0.1, 0.15) is 19.3 Å². The molecule has 2 bridgehead atoms. The van der Waals surface area contributed by atoms with Crippen molar-refractivity contribution >= 4 is 0 Å². The Morgan fingerprint density at radius 3 is 2.67 bits per heavy atom. The molecule has 0 aromatic rings. The summed E-state index contributed by atoms with van der Waals surface area (Å²) in [5.74, 6) is 0. The van der Waals surface area contributed by atoms with E-state index in [9.17, 15) is 0 Å². The average molecular weight is 126 g/mol. The van der Waals surface area contributed by atoms with E-state index in [2.05, 4.69) is 11.9 Å². The summed E-state index contributed by atoms with van der Waals surface area (Å²) in [5, 5.41) is 0. The van der Waals surface area contributed by atoms with Crippen molar-refractivity contribution in [1.82, 2.24) is 4.90 Å². The summed E-state index contributed by atoms with van der Waals surface area (Å²) in [4.78, 5) is 2.39. The molecule has 0 radical (unpaired) electrons. The lowest BCUT2D eigenvalue weighted by molar-refractivity contribution is 0.247. The Morgan fingerprint density at radius 1 is 1.67 bits per heavy atom. The van der Waals surface area contributed by atoms with Gasteiger partial charge in [-0.05, 0) is 26.3 Å². The number of piperidine rings is 1. The van der Waals surface area contributed by atoms with Gasteiger partial charge >= 0.3 is 0 Å². The van der Waals surface area contributed by atoms with E-state index in [0.29, 0.717) is 0 Å². The van der Waals surface area contributed by atoms with Crippen molar-refractivity contribution in [3.05, 3.63) is 0 Å². The Balaban J connectivity index is 2.19. The summed E-state index contributed by atoms with van der Waals surface area (Å²) in [5.41, 5.74) is 6.26. The van der Waals surface area contributed by atoms with Crippen LogP contribution in [-0.2, 0) is 0 Å². The fraction of sp³-hybridized carbons (Fsp3) is 1.00. The maximum absolute atomic E-state index is 6.05. The monoisotopic (exact) mass is 126 g/mol. The smallest absolute Gasteiger partial charge is 0.0298 e. The molecule has 2 rings (SSSR count). The van der Waals surface area contributed by atoms with E-state index >= 15 is 0 Å². The number of fused-ring (bicyclic) bond motifs is 2. The van der Waals surface area contributed by atoms with E-state index in [1.807, 2.05) is 0 Å². The van der Waals surface area contributed by atoms with Gasteiger partial charge in [0.05, 0.1) is 0 Å². The normalized spacial score (nSPS) is 50.7. The van der Waals surface area contributed by atoms with Crippen LogP contribution in [0.3, 0.4) is 0 Å². The molecule has 2 N–H and O–H groups in total. The van der Waals surface area contributed by atoms with Crippen molar-refractivity contribution in [3.63, 3.8) is 0 Å². The molecular formula is C7H14N2. The molecule has 1 saturated heterocycles. The second-order valence-electron chi connectivity index (χ2n) is 3.67. The zero-order chi connectivity index (χ0) is 6.48. The first-order valence-corrected chi connectivity index (χ1v) is 3.69. The highest BCUT2D eigenvalue weighted by Gasteiger charge is 2.44. The second-order valence-corrected chi connectivity index (χ2v) is 3.67. The summed E-state index contributed by atoms with van der Waals surface area (Å²) in [6.45, 7) is 1.12. The number of nitrogens with zero attached hydrogens (tertiary/aromatic N) is 1. The summed E-state index contributed by atoms with van der Waals surface area (Å²) < 4.78 is 0. The van der Waals surface area contributed by atoms with E-state index < -0.39 is 0 Å². The lowest BCUT2D eigenvalue weighted by Crippen LogP contribution is -2.43. The third kappa shape index (κ3) is 0.700. The standard InChI is InChI=1S/C7H14N2/c1-9-5-7(8)3-2-6(9)4-7/h6H,2-5,8H2,1H3/t6-,7-/m0/s1. The molecular weight excluding hydrogens is 112 g/mol. The zero-order valence-electron chi connectivity index (χ0n) is 5.93. The third-order valence-corrected chi connectivity index (χ3v) is 2.81. The van der Waals surface area contributed by atoms with Crippen molar-refractivity contribution in [1.29, 1.82) is 0 Å². The number of likely N-dealkylation sites (tertiary alicyclic amines) is 1. The molecule has 0 aromatic heterocycles. The van der Waals surface area contributed by atoms with Crippen LogP contribution in [0.2, 0.25) is 0 Å². The van der Waals surface area contributed by atoms with Gasteiger partial charge in [-0.2, -0.15) is 0 Å². The third-order valence-electron chi connectivity index (χ3n) is 2.81. The van der Waals surface area contributed by atoms with Gasteiger partial charge in [0.2, 0.25) is 0 Å². The van der Waals surface area contributed by atoms with Crippen molar-refractivity contribution < 1.29 is 0 Å². The highest BCUT2D eigenvalue weighted by atomic mass is 15.2. The van der Waals surface area contributed by atoms with Gasteiger partial charge in [-0.25, -0.2) is 0 Å². The quantitative estimate of drug-likeness (QED) is 0.502. The molecule has 1 aliphatic carbocycles. The van der Waals surface area contributed by atoms with E-state index in [1.54, 1.807) is 0 Å². The Hall–Kier alpha value is -0.0800. The molecule has 1 heterocycles. The average Bonchev–Trinajstić information content (AvgIpc) is 2.20. The molecule has 1 saturated carbocycles. The summed E-state index contributed by atoms with van der Waals surface area (Å²) in [7, 11) is 2.18. The largest absolute Gasteiger partial charge is 0.324 e. The minimum atomic E-state index is 0.208. The molecule has 0 unspecified atom stereocenters. The molecule has 52 valence electrons. The second kappa shape index (κ2) is 1.50. The first-order valence-electron chi connectivity index (χ1n) is 3.69. The van der Waals surface area contributed by atoms with Crippen LogP contribution in [-0.4, -0.2) is 30.1 Å². The summed E-state index contributed by atoms with van der Waals surface area (Å²) in [6.07, 6.45) is 3.82. The fourth-order valence-corrected chi connectivity index (χ4v) is 2.27. The van der Waals surface area contributed by atoms with Crippen molar-refractivity contribution in [2.75, 3.05) is 13.6 Å². The predicted molar refractivity (Wildman–Crippen MR) is 37.2 cm³/mol. The zero-order valence-corrected chi connectivity index (χ0v) is 5.93. The predicted octanol–water partition coefficient (Wildman–Crippen LogP) is 0.182. The van der Waals surface area contributed by atoms with Gasteiger partial charge in [0.25, 0.3) is 0 Å². The number of hydrogen-bond acceptors (Lipinski definition) is 2. The Morgan fingerprint density at radius 2 is 2.44 bits per heavy atom. The molecule has 0 amide bonds. The van der Waals surface area contributed by atoms with Crippen LogP contribution in [0.5, 0.6) is 0 Å². The lowest BCUT2D eigenvalue weighted by Gasteiger charge is -2.26. The first kappa shape index (κ1) is 5.69. The number of likely N-dealkylation sites (N-methyl/N-ethyl adjacent to an activating group) is 1. The van der Waals surface area contributed by atoms with Gasteiger partial charge in [-0.1, -0.05) is 0 Å². The van der Waals surface area contributed by atoms with Crippen LogP contribution >= 0.6 is 0 Å². The van der Waals surface area contributed by atoms with Gasteiger partial charge in [0.15, 0.2) is 0 Å². The van der Waals surface area contributed by atoms with Crippen LogP contribution in [0.4, 0.5) is 0 Å². The molecule has 0 aromatic carbocycles. The van der Waals surface area contributed by atoms with Gasteiger partial charge in [-0.3, -0.25) is 0 Å². The van der Waals surface area contributed by atoms with Crippen LogP contribution < -0.4 is 5.73 Å². The highest BCUT2D eigenvalue weighted by Crippen LogP contribution is 2.37. The minimum Gasteiger partial charge on any atom is -0.324 e. The number of hydrogen-bond donors (Lipinski definition) is 1. The van der Waals surface area contributed by atoms with E-state index in [1.165, 1.54) is 19.3 Å². The molecule has 9 heavy (non-hydrogen) atoms. The van der Waals surface area contributed by atoms with E-state index in [-0.39, 0.29) is 5.54 Å². The maximum atomic E-state index is 6.05. The molecule has 0 spiro atoms. The Labute approximate surface area is 56.0 Å². The van der Waals surface area contributed by atoms with Crippen molar-refractivity contribution in [3.8, 4) is 0 Å². The van der Waals surface area contributed by atoms with Crippen molar-refractivity contribution in [2.24, 2.45) is 5.73 Å². The molecule has 2 nitrogen and oxygen atoms in total.